The molecule has 1 unspecified atom stereocenters. The predicted octanol–water partition coefficient (Wildman–Crippen LogP) is 1.69. The molecule has 21 heavy (non-hydrogen) atoms. The molecule has 118 valence electrons. The topological polar surface area (TPSA) is 43.0 Å². The van der Waals surface area contributed by atoms with Crippen molar-refractivity contribution < 1.29 is 14.2 Å². The smallest absolute Gasteiger partial charge is 0.161 e. The standard InChI is InChI=1S/C16H26N2O3/c1-13(17-6-7-18(2)8-9-19-3)14-4-5-15-16(12-14)21-11-10-20-15/h4-5,12-13,17H,6-11H2,1-3H3. The second-order valence-electron chi connectivity index (χ2n) is 5.37. The van der Waals surface area contributed by atoms with Crippen LogP contribution in [0.15, 0.2) is 18.2 Å². The third-order valence-electron chi connectivity index (χ3n) is 3.69. The molecule has 0 aromatic heterocycles. The zero-order valence-electron chi connectivity index (χ0n) is 13.2. The van der Waals surface area contributed by atoms with Crippen LogP contribution in [0, 0.1) is 0 Å². The van der Waals surface area contributed by atoms with E-state index in [1.165, 1.54) is 5.56 Å². The molecule has 0 amide bonds. The van der Waals surface area contributed by atoms with Gasteiger partial charge >= 0.3 is 0 Å². The highest BCUT2D eigenvalue weighted by Gasteiger charge is 2.14. The Kier molecular flexibility index (Phi) is 6.29. The van der Waals surface area contributed by atoms with E-state index in [4.69, 9.17) is 14.2 Å². The minimum Gasteiger partial charge on any atom is -0.486 e. The maximum absolute atomic E-state index is 5.63. The number of nitrogens with one attached hydrogen (secondary N) is 1. The van der Waals surface area contributed by atoms with E-state index in [0.717, 1.165) is 37.7 Å². The monoisotopic (exact) mass is 294 g/mol. The molecular weight excluding hydrogens is 268 g/mol. The first-order valence-corrected chi connectivity index (χ1v) is 7.51. The Morgan fingerprint density at radius 1 is 1.24 bits per heavy atom. The predicted molar refractivity (Wildman–Crippen MR) is 83.2 cm³/mol. The van der Waals surface area contributed by atoms with Crippen molar-refractivity contribution in [3.05, 3.63) is 23.8 Å². The summed E-state index contributed by atoms with van der Waals surface area (Å²) in [6.45, 7) is 7.09. The first kappa shape index (κ1) is 16.1. The third kappa shape index (κ3) is 4.88. The number of hydrogen-bond donors (Lipinski definition) is 1. The summed E-state index contributed by atoms with van der Waals surface area (Å²) in [4.78, 5) is 2.26. The molecule has 1 aliphatic rings. The third-order valence-corrected chi connectivity index (χ3v) is 3.69. The van der Waals surface area contributed by atoms with Crippen molar-refractivity contribution in [2.24, 2.45) is 0 Å². The van der Waals surface area contributed by atoms with E-state index >= 15 is 0 Å². The molecule has 2 rings (SSSR count). The van der Waals surface area contributed by atoms with Crippen LogP contribution in [0.2, 0.25) is 0 Å². The van der Waals surface area contributed by atoms with Crippen LogP contribution in [-0.2, 0) is 4.74 Å². The molecular formula is C16H26N2O3. The van der Waals surface area contributed by atoms with E-state index in [0.29, 0.717) is 13.2 Å². The number of likely N-dealkylation sites (N-methyl/N-ethyl adjacent to an activating group) is 1. The lowest BCUT2D eigenvalue weighted by Gasteiger charge is -2.22. The quantitative estimate of drug-likeness (QED) is 0.790. The van der Waals surface area contributed by atoms with Gasteiger partial charge in [-0.3, -0.25) is 0 Å². The van der Waals surface area contributed by atoms with E-state index in [2.05, 4.69) is 36.3 Å². The summed E-state index contributed by atoms with van der Waals surface area (Å²) in [5, 5.41) is 3.53. The van der Waals surface area contributed by atoms with Crippen LogP contribution in [0.1, 0.15) is 18.5 Å². The van der Waals surface area contributed by atoms with Gasteiger partial charge in [0.15, 0.2) is 11.5 Å². The van der Waals surface area contributed by atoms with Gasteiger partial charge in [-0.2, -0.15) is 0 Å². The summed E-state index contributed by atoms with van der Waals surface area (Å²) in [7, 11) is 3.84. The number of methoxy groups -OCH3 is 1. The zero-order chi connectivity index (χ0) is 15.1. The average molecular weight is 294 g/mol. The van der Waals surface area contributed by atoms with Gasteiger partial charge in [0.25, 0.3) is 0 Å². The minimum absolute atomic E-state index is 0.289. The number of fused-ring (bicyclic) bond motifs is 1. The van der Waals surface area contributed by atoms with Crippen LogP contribution in [-0.4, -0.2) is 58.5 Å². The second-order valence-corrected chi connectivity index (χ2v) is 5.37. The number of benzene rings is 1. The Hall–Kier alpha value is -1.30. The maximum Gasteiger partial charge on any atom is 0.161 e. The van der Waals surface area contributed by atoms with E-state index in [1.807, 2.05) is 6.07 Å². The minimum atomic E-state index is 0.289. The van der Waals surface area contributed by atoms with E-state index in [9.17, 15) is 0 Å². The molecule has 0 bridgehead atoms. The Balaban J connectivity index is 1.79. The van der Waals surface area contributed by atoms with Crippen LogP contribution >= 0.6 is 0 Å². The van der Waals surface area contributed by atoms with Crippen LogP contribution in [0.5, 0.6) is 11.5 Å². The van der Waals surface area contributed by atoms with Crippen molar-refractivity contribution in [2.45, 2.75) is 13.0 Å². The second kappa shape index (κ2) is 8.22. The number of rotatable bonds is 8. The van der Waals surface area contributed by atoms with Crippen LogP contribution in [0.4, 0.5) is 0 Å². The molecule has 0 spiro atoms. The van der Waals surface area contributed by atoms with Crippen LogP contribution in [0.3, 0.4) is 0 Å². The molecule has 1 N–H and O–H groups in total. The van der Waals surface area contributed by atoms with Crippen LogP contribution in [0.25, 0.3) is 0 Å². The zero-order valence-corrected chi connectivity index (χ0v) is 13.2. The highest BCUT2D eigenvalue weighted by atomic mass is 16.6. The summed E-state index contributed by atoms with van der Waals surface area (Å²) in [6.07, 6.45) is 0. The van der Waals surface area contributed by atoms with E-state index in [-0.39, 0.29) is 6.04 Å². The number of nitrogens with zero attached hydrogens (tertiary/aromatic N) is 1. The molecule has 1 aromatic carbocycles. The normalized spacial score (nSPS) is 15.2. The van der Waals surface area contributed by atoms with Gasteiger partial charge in [-0.05, 0) is 31.7 Å². The lowest BCUT2D eigenvalue weighted by atomic mass is 10.1. The van der Waals surface area contributed by atoms with Crippen molar-refractivity contribution in [1.82, 2.24) is 10.2 Å². The highest BCUT2D eigenvalue weighted by Crippen LogP contribution is 2.32. The van der Waals surface area contributed by atoms with Crippen LogP contribution < -0.4 is 14.8 Å². The van der Waals surface area contributed by atoms with Gasteiger partial charge in [-0.15, -0.1) is 0 Å². The first-order chi connectivity index (χ1) is 10.2. The summed E-state index contributed by atoms with van der Waals surface area (Å²) < 4.78 is 16.2. The molecule has 0 fully saturated rings. The molecule has 0 radical (unpaired) electrons. The summed E-state index contributed by atoms with van der Waals surface area (Å²) in [6, 6.07) is 6.45. The molecule has 0 saturated carbocycles. The van der Waals surface area contributed by atoms with Crippen molar-refractivity contribution in [1.29, 1.82) is 0 Å². The lowest BCUT2D eigenvalue weighted by molar-refractivity contribution is 0.161. The first-order valence-electron chi connectivity index (χ1n) is 7.51. The number of ether oxygens (including phenoxy) is 3. The molecule has 1 aliphatic heterocycles. The van der Waals surface area contributed by atoms with Gasteiger partial charge in [0, 0.05) is 32.8 Å². The summed E-state index contributed by atoms with van der Waals surface area (Å²) in [5.41, 5.74) is 1.22. The average Bonchev–Trinajstić information content (AvgIpc) is 2.52. The summed E-state index contributed by atoms with van der Waals surface area (Å²) >= 11 is 0. The van der Waals surface area contributed by atoms with Gasteiger partial charge in [-0.25, -0.2) is 0 Å². The largest absolute Gasteiger partial charge is 0.486 e. The van der Waals surface area contributed by atoms with Gasteiger partial charge in [0.1, 0.15) is 13.2 Å². The van der Waals surface area contributed by atoms with E-state index in [1.54, 1.807) is 7.11 Å². The highest BCUT2D eigenvalue weighted by molar-refractivity contribution is 5.44. The Morgan fingerprint density at radius 3 is 2.76 bits per heavy atom. The molecule has 0 saturated heterocycles. The van der Waals surface area contributed by atoms with Gasteiger partial charge in [0.2, 0.25) is 0 Å². The Labute approximate surface area is 127 Å². The molecule has 5 nitrogen and oxygen atoms in total. The van der Waals surface area contributed by atoms with Crippen molar-refractivity contribution in [2.75, 3.05) is 53.6 Å². The fourth-order valence-electron chi connectivity index (χ4n) is 2.28. The molecule has 1 atom stereocenters. The molecule has 5 heteroatoms. The fraction of sp³-hybridized carbons (Fsp3) is 0.625. The van der Waals surface area contributed by atoms with Crippen molar-refractivity contribution in [3.8, 4) is 11.5 Å². The fourth-order valence-corrected chi connectivity index (χ4v) is 2.28. The van der Waals surface area contributed by atoms with E-state index < -0.39 is 0 Å². The Morgan fingerprint density at radius 2 is 2.00 bits per heavy atom. The van der Waals surface area contributed by atoms with Gasteiger partial charge < -0.3 is 24.4 Å². The molecule has 0 aliphatic carbocycles. The SMILES string of the molecule is COCCN(C)CCNC(C)c1ccc2c(c1)OCCO2. The Bertz CT molecular complexity index is 440. The van der Waals surface area contributed by atoms with Gasteiger partial charge in [0.05, 0.1) is 6.61 Å². The maximum atomic E-state index is 5.63. The van der Waals surface area contributed by atoms with Crippen molar-refractivity contribution >= 4 is 0 Å². The summed E-state index contributed by atoms with van der Waals surface area (Å²) in [5.74, 6) is 1.70. The lowest BCUT2D eigenvalue weighted by Crippen LogP contribution is -2.32. The number of hydrogen-bond acceptors (Lipinski definition) is 5. The van der Waals surface area contributed by atoms with Gasteiger partial charge in [-0.1, -0.05) is 6.07 Å². The molecule has 1 heterocycles. The molecule has 1 aromatic rings. The van der Waals surface area contributed by atoms with Crippen molar-refractivity contribution in [3.63, 3.8) is 0 Å².